The van der Waals surface area contributed by atoms with Crippen LogP contribution in [0.5, 0.6) is 0 Å². The van der Waals surface area contributed by atoms with Gasteiger partial charge in [0.1, 0.15) is 0 Å². The third-order valence-electron chi connectivity index (χ3n) is 6.64. The van der Waals surface area contributed by atoms with E-state index in [1.165, 1.54) is 0 Å². The Labute approximate surface area is 206 Å². The van der Waals surface area contributed by atoms with Gasteiger partial charge in [-0.3, -0.25) is 10.00 Å². The first-order chi connectivity index (χ1) is 16.2. The number of hydrogen-bond acceptors (Lipinski definition) is 3. The van der Waals surface area contributed by atoms with Crippen LogP contribution >= 0.6 is 23.2 Å². The lowest BCUT2D eigenvalue weighted by molar-refractivity contribution is -0.138. The molecule has 0 spiro atoms. The van der Waals surface area contributed by atoms with Crippen molar-refractivity contribution in [1.29, 1.82) is 0 Å². The van der Waals surface area contributed by atoms with Gasteiger partial charge in [0.15, 0.2) is 0 Å². The zero-order chi connectivity index (χ0) is 24.6. The summed E-state index contributed by atoms with van der Waals surface area (Å²) in [6.45, 7) is 3.68. The highest BCUT2D eigenvalue weighted by Gasteiger charge is 2.42. The molecule has 0 fully saturated rings. The molecule has 2 N–H and O–H groups in total. The molecule has 0 saturated carbocycles. The molecule has 9 heteroatoms. The number of alkyl halides is 3. The first-order valence-corrected chi connectivity index (χ1v) is 12.0. The van der Waals surface area contributed by atoms with Crippen LogP contribution in [0.1, 0.15) is 58.8 Å². The van der Waals surface area contributed by atoms with Gasteiger partial charge in [-0.2, -0.15) is 18.3 Å². The average Bonchev–Trinajstić information content (AvgIpc) is 3.34. The summed E-state index contributed by atoms with van der Waals surface area (Å²) in [5.41, 5.74) is 2.69. The van der Waals surface area contributed by atoms with Crippen molar-refractivity contribution < 1.29 is 18.3 Å². The summed E-state index contributed by atoms with van der Waals surface area (Å²) in [6, 6.07) is 7.09. The van der Waals surface area contributed by atoms with E-state index < -0.39 is 17.8 Å². The fourth-order valence-electron chi connectivity index (χ4n) is 5.08. The van der Waals surface area contributed by atoms with E-state index in [9.17, 15) is 18.3 Å². The van der Waals surface area contributed by atoms with Crippen LogP contribution in [0.2, 0.25) is 10.0 Å². The quantitative estimate of drug-likeness (QED) is 0.404. The first-order valence-electron chi connectivity index (χ1n) is 11.2. The number of halogens is 5. The number of nitrogens with zero attached hydrogens (tertiary/aromatic N) is 2. The standard InChI is InChI=1S/C25H26Cl2F3N3O/c1-3-18-21(25(28,29)30)19(4-2)23(27)20(22(18)26)24(16-10-31-32-11-16)33-12-15-8-6-5-7-14(15)9-17(33)13-34/h5-8,10-11,17,24,34H,3-4,9,12-13H2,1-2H3,(H,31,32). The van der Waals surface area contributed by atoms with E-state index >= 15 is 0 Å². The monoisotopic (exact) mass is 511 g/mol. The Bertz CT molecular complexity index is 1130. The number of aromatic amines is 1. The number of rotatable bonds is 6. The predicted molar refractivity (Wildman–Crippen MR) is 127 cm³/mol. The molecule has 34 heavy (non-hydrogen) atoms. The van der Waals surface area contributed by atoms with Crippen LogP contribution in [0.3, 0.4) is 0 Å². The molecule has 1 aliphatic rings. The van der Waals surface area contributed by atoms with Crippen LogP contribution < -0.4 is 0 Å². The second-order valence-corrected chi connectivity index (χ2v) is 9.25. The van der Waals surface area contributed by atoms with Gasteiger partial charge in [-0.25, -0.2) is 0 Å². The molecule has 1 aliphatic heterocycles. The SMILES string of the molecule is CCc1c(Cl)c(C(c2cn[nH]c2)N2Cc3ccccc3CC2CO)c(Cl)c(CC)c1C(F)(F)F. The average molecular weight is 512 g/mol. The molecule has 2 unspecified atom stereocenters. The second-order valence-electron chi connectivity index (χ2n) is 8.49. The molecular formula is C25H26Cl2F3N3O. The van der Waals surface area contributed by atoms with E-state index in [-0.39, 0.29) is 46.7 Å². The molecule has 182 valence electrons. The maximum Gasteiger partial charge on any atom is 0.417 e. The predicted octanol–water partition coefficient (Wildman–Crippen LogP) is 6.37. The molecule has 0 amide bonds. The number of H-pyrrole nitrogens is 1. The molecule has 3 aromatic rings. The Balaban J connectivity index is 1.98. The first kappa shape index (κ1) is 25.0. The number of nitrogens with one attached hydrogen (secondary N) is 1. The van der Waals surface area contributed by atoms with Gasteiger partial charge >= 0.3 is 6.18 Å². The van der Waals surface area contributed by atoms with Crippen LogP contribution in [-0.2, 0) is 32.0 Å². The maximum absolute atomic E-state index is 14.1. The van der Waals surface area contributed by atoms with E-state index in [2.05, 4.69) is 15.1 Å². The van der Waals surface area contributed by atoms with Gasteiger partial charge in [-0.05, 0) is 41.5 Å². The summed E-state index contributed by atoms with van der Waals surface area (Å²) >= 11 is 13.5. The Morgan fingerprint density at radius 2 is 1.74 bits per heavy atom. The number of aliphatic hydroxyl groups is 1. The van der Waals surface area contributed by atoms with Gasteiger partial charge in [0.25, 0.3) is 0 Å². The van der Waals surface area contributed by atoms with E-state index in [1.807, 2.05) is 24.3 Å². The minimum absolute atomic E-state index is 0.0128. The molecule has 2 aromatic carbocycles. The minimum Gasteiger partial charge on any atom is -0.395 e. The number of hydrogen-bond donors (Lipinski definition) is 2. The molecule has 2 atom stereocenters. The largest absolute Gasteiger partial charge is 0.417 e. The fourth-order valence-corrected chi connectivity index (χ4v) is 5.98. The summed E-state index contributed by atoms with van der Waals surface area (Å²) in [6.07, 6.45) is -0.448. The Morgan fingerprint density at radius 3 is 2.24 bits per heavy atom. The van der Waals surface area contributed by atoms with Crippen molar-refractivity contribution in [2.75, 3.05) is 6.61 Å². The van der Waals surface area contributed by atoms with Gasteiger partial charge in [0, 0.05) is 29.9 Å². The van der Waals surface area contributed by atoms with Crippen molar-refractivity contribution in [2.24, 2.45) is 0 Å². The van der Waals surface area contributed by atoms with E-state index in [0.29, 0.717) is 24.1 Å². The number of fused-ring (bicyclic) bond motifs is 1. The fraction of sp³-hybridized carbons (Fsp3) is 0.400. The smallest absolute Gasteiger partial charge is 0.395 e. The number of aromatic nitrogens is 2. The molecule has 1 aromatic heterocycles. The highest BCUT2D eigenvalue weighted by molar-refractivity contribution is 6.37. The highest BCUT2D eigenvalue weighted by Crippen LogP contribution is 2.49. The summed E-state index contributed by atoms with van der Waals surface area (Å²) in [7, 11) is 0. The lowest BCUT2D eigenvalue weighted by Crippen LogP contribution is -2.45. The van der Waals surface area contributed by atoms with Crippen molar-refractivity contribution in [3.05, 3.63) is 85.6 Å². The van der Waals surface area contributed by atoms with Crippen LogP contribution in [-0.4, -0.2) is 32.9 Å². The Morgan fingerprint density at radius 1 is 1.12 bits per heavy atom. The molecule has 4 nitrogen and oxygen atoms in total. The second kappa shape index (κ2) is 9.90. The lowest BCUT2D eigenvalue weighted by atomic mass is 9.86. The van der Waals surface area contributed by atoms with Crippen LogP contribution in [0.4, 0.5) is 13.2 Å². The van der Waals surface area contributed by atoms with Crippen molar-refractivity contribution in [2.45, 2.75) is 57.9 Å². The number of aliphatic hydroxyl groups excluding tert-OH is 1. The van der Waals surface area contributed by atoms with Crippen LogP contribution in [0.15, 0.2) is 36.7 Å². The zero-order valence-electron chi connectivity index (χ0n) is 18.9. The Hall–Kier alpha value is -2.06. The minimum atomic E-state index is -4.58. The van der Waals surface area contributed by atoms with Crippen molar-refractivity contribution in [3.63, 3.8) is 0 Å². The van der Waals surface area contributed by atoms with Crippen molar-refractivity contribution in [1.82, 2.24) is 15.1 Å². The topological polar surface area (TPSA) is 52.2 Å². The highest BCUT2D eigenvalue weighted by atomic mass is 35.5. The lowest BCUT2D eigenvalue weighted by Gasteiger charge is -2.42. The van der Waals surface area contributed by atoms with Gasteiger partial charge in [0.2, 0.25) is 0 Å². The molecule has 2 heterocycles. The molecule has 0 radical (unpaired) electrons. The summed E-state index contributed by atoms with van der Waals surface area (Å²) in [5.74, 6) is 0. The van der Waals surface area contributed by atoms with Gasteiger partial charge in [-0.15, -0.1) is 0 Å². The van der Waals surface area contributed by atoms with Crippen molar-refractivity contribution >= 4 is 23.2 Å². The summed E-state index contributed by atoms with van der Waals surface area (Å²) in [4.78, 5) is 2.06. The number of benzene rings is 2. The summed E-state index contributed by atoms with van der Waals surface area (Å²) in [5, 5.41) is 17.2. The molecule has 0 aliphatic carbocycles. The van der Waals surface area contributed by atoms with E-state index in [0.717, 1.165) is 11.1 Å². The normalized spacial score (nSPS) is 17.6. The van der Waals surface area contributed by atoms with Gasteiger partial charge in [0.05, 0.1) is 34.5 Å². The molecule has 0 bridgehead atoms. The van der Waals surface area contributed by atoms with Gasteiger partial charge in [-0.1, -0.05) is 61.3 Å². The Kier molecular flexibility index (Phi) is 7.29. The molecular weight excluding hydrogens is 486 g/mol. The van der Waals surface area contributed by atoms with Crippen LogP contribution in [0, 0.1) is 0 Å². The zero-order valence-corrected chi connectivity index (χ0v) is 20.4. The van der Waals surface area contributed by atoms with Crippen molar-refractivity contribution in [3.8, 4) is 0 Å². The molecule has 4 rings (SSSR count). The maximum atomic E-state index is 14.1. The van der Waals surface area contributed by atoms with Crippen LogP contribution in [0.25, 0.3) is 0 Å². The summed E-state index contributed by atoms with van der Waals surface area (Å²) < 4.78 is 42.3. The van der Waals surface area contributed by atoms with Gasteiger partial charge < -0.3 is 5.11 Å². The molecule has 0 saturated heterocycles. The third kappa shape index (κ3) is 4.35. The van der Waals surface area contributed by atoms with E-state index in [4.69, 9.17) is 23.2 Å². The third-order valence-corrected chi connectivity index (χ3v) is 7.51. The van der Waals surface area contributed by atoms with E-state index in [1.54, 1.807) is 26.2 Å².